The molecule has 2 heterocycles. The topological polar surface area (TPSA) is 87.8 Å². The Morgan fingerprint density at radius 2 is 2.11 bits per heavy atom. The summed E-state index contributed by atoms with van der Waals surface area (Å²) in [7, 11) is 0. The van der Waals surface area contributed by atoms with Gasteiger partial charge in [0.05, 0.1) is 55.2 Å². The number of rotatable bonds is 5. The second-order valence-corrected chi connectivity index (χ2v) is 7.08. The fourth-order valence-corrected chi connectivity index (χ4v) is 3.64. The maximum atomic E-state index is 10.8. The number of nitro groups is 1. The molecule has 1 N–H and O–H groups in total. The Balaban J connectivity index is 1.68. The van der Waals surface area contributed by atoms with Gasteiger partial charge in [-0.2, -0.15) is 5.26 Å². The smallest absolute Gasteiger partial charge is 0.270 e. The molecule has 1 aliphatic rings. The number of piperazine rings is 1. The van der Waals surface area contributed by atoms with Crippen LogP contribution in [0.1, 0.15) is 12.2 Å². The first-order chi connectivity index (χ1) is 13.0. The van der Waals surface area contributed by atoms with Gasteiger partial charge in [-0.1, -0.05) is 23.8 Å². The van der Waals surface area contributed by atoms with E-state index in [1.54, 1.807) is 18.2 Å². The van der Waals surface area contributed by atoms with Crippen LogP contribution in [0.15, 0.2) is 34.7 Å². The Kier molecular flexibility index (Phi) is 6.06. The number of nitriles is 1. The van der Waals surface area contributed by atoms with Crippen molar-refractivity contribution in [1.82, 2.24) is 4.90 Å². The average Bonchev–Trinajstić information content (AvgIpc) is 3.16. The molecule has 0 atom stereocenters. The Labute approximate surface area is 166 Å². The summed E-state index contributed by atoms with van der Waals surface area (Å²) in [4.78, 5) is 14.5. The molecule has 0 spiro atoms. The molecule has 2 aromatic rings. The number of hydrogen-bond donors (Lipinski definition) is 1. The van der Waals surface area contributed by atoms with Crippen LogP contribution >= 0.6 is 23.8 Å². The quantitative estimate of drug-likeness (QED) is 0.466. The third-order valence-corrected chi connectivity index (χ3v) is 5.37. The molecule has 3 rings (SSSR count). The van der Waals surface area contributed by atoms with Crippen molar-refractivity contribution in [3.05, 3.63) is 51.2 Å². The van der Waals surface area contributed by atoms with E-state index in [9.17, 15) is 10.1 Å². The second-order valence-electron chi connectivity index (χ2n) is 6.29. The fourth-order valence-electron chi connectivity index (χ4n) is 3.08. The Morgan fingerprint density at radius 3 is 2.74 bits per heavy atom. The van der Waals surface area contributed by atoms with E-state index in [4.69, 9.17) is 33.5 Å². The standard InChI is InChI=1S/C18H17ClN4O3S/c19-15-12-13(23(24)25)2-3-14(15)16-4-5-17(26-16)18(27)22-10-8-21(9-11-22)7-1-6-20/h2-5,12H,1,7-11H2/p+1. The van der Waals surface area contributed by atoms with Crippen molar-refractivity contribution in [3.63, 3.8) is 0 Å². The van der Waals surface area contributed by atoms with Crippen molar-refractivity contribution in [3.8, 4) is 17.4 Å². The van der Waals surface area contributed by atoms with Crippen LogP contribution in [0.4, 0.5) is 5.69 Å². The highest BCUT2D eigenvalue weighted by Crippen LogP contribution is 2.32. The first kappa shape index (κ1) is 19.3. The molecule has 1 aromatic heterocycles. The number of thiocarbonyl (C=S) groups is 1. The van der Waals surface area contributed by atoms with Gasteiger partial charge in [-0.25, -0.2) is 0 Å². The van der Waals surface area contributed by atoms with Gasteiger partial charge in [-0.05, 0) is 18.2 Å². The van der Waals surface area contributed by atoms with Crippen molar-refractivity contribution in [1.29, 1.82) is 5.26 Å². The summed E-state index contributed by atoms with van der Waals surface area (Å²) in [5.41, 5.74) is 0.518. The highest BCUT2D eigenvalue weighted by Gasteiger charge is 2.24. The first-order valence-corrected chi connectivity index (χ1v) is 9.32. The molecule has 7 nitrogen and oxygen atoms in total. The van der Waals surface area contributed by atoms with Crippen LogP contribution in [0, 0.1) is 21.4 Å². The lowest BCUT2D eigenvalue weighted by Gasteiger charge is -2.32. The van der Waals surface area contributed by atoms with Crippen LogP contribution < -0.4 is 4.90 Å². The minimum absolute atomic E-state index is 0.0668. The molecule has 1 aliphatic heterocycles. The molecule has 140 valence electrons. The first-order valence-electron chi connectivity index (χ1n) is 8.53. The number of benzene rings is 1. The molecule has 1 fully saturated rings. The Morgan fingerprint density at radius 1 is 1.37 bits per heavy atom. The molecule has 9 heteroatoms. The molecular weight excluding hydrogens is 388 g/mol. The lowest BCUT2D eigenvalue weighted by molar-refractivity contribution is -0.903. The molecule has 27 heavy (non-hydrogen) atoms. The minimum atomic E-state index is -0.489. The van der Waals surface area contributed by atoms with E-state index in [0.717, 1.165) is 32.7 Å². The van der Waals surface area contributed by atoms with Crippen LogP contribution in [-0.4, -0.2) is 47.5 Å². The summed E-state index contributed by atoms with van der Waals surface area (Å²) in [6.07, 6.45) is 0.567. The van der Waals surface area contributed by atoms with Gasteiger partial charge in [0, 0.05) is 17.7 Å². The van der Waals surface area contributed by atoms with Gasteiger partial charge in [0.25, 0.3) is 5.69 Å². The lowest BCUT2D eigenvalue weighted by atomic mass is 10.1. The van der Waals surface area contributed by atoms with Gasteiger partial charge in [0.15, 0.2) is 5.76 Å². The largest absolute Gasteiger partial charge is 0.454 e. The van der Waals surface area contributed by atoms with E-state index in [-0.39, 0.29) is 10.7 Å². The SMILES string of the molecule is N#CCC[NH+]1CCN(C(=S)c2ccc(-c3ccc([N+](=O)[O-])cc3Cl)o2)CC1. The zero-order chi connectivity index (χ0) is 19.4. The summed E-state index contributed by atoms with van der Waals surface area (Å²) in [6, 6.07) is 10.0. The lowest BCUT2D eigenvalue weighted by Crippen LogP contribution is -3.14. The zero-order valence-corrected chi connectivity index (χ0v) is 16.1. The maximum Gasteiger partial charge on any atom is 0.270 e. The summed E-state index contributed by atoms with van der Waals surface area (Å²) in [5.74, 6) is 1.10. The number of furan rings is 1. The normalized spacial score (nSPS) is 14.7. The number of nitrogens with zero attached hydrogens (tertiary/aromatic N) is 3. The van der Waals surface area contributed by atoms with E-state index in [1.807, 2.05) is 0 Å². The highest BCUT2D eigenvalue weighted by atomic mass is 35.5. The second kappa shape index (κ2) is 8.48. The third-order valence-electron chi connectivity index (χ3n) is 4.59. The number of halogens is 1. The van der Waals surface area contributed by atoms with Crippen molar-refractivity contribution < 1.29 is 14.2 Å². The van der Waals surface area contributed by atoms with Crippen LogP contribution in [0.3, 0.4) is 0 Å². The van der Waals surface area contributed by atoms with E-state index >= 15 is 0 Å². The van der Waals surface area contributed by atoms with E-state index in [0.29, 0.717) is 28.5 Å². The Hall–Kier alpha value is -2.47. The van der Waals surface area contributed by atoms with Crippen LogP contribution in [-0.2, 0) is 0 Å². The third kappa shape index (κ3) is 4.45. The van der Waals surface area contributed by atoms with Gasteiger partial charge in [0.1, 0.15) is 10.7 Å². The summed E-state index contributed by atoms with van der Waals surface area (Å²) in [5, 5.41) is 19.8. The van der Waals surface area contributed by atoms with Gasteiger partial charge < -0.3 is 14.2 Å². The van der Waals surface area contributed by atoms with Gasteiger partial charge in [-0.3, -0.25) is 10.1 Å². The van der Waals surface area contributed by atoms with Crippen LogP contribution in [0.2, 0.25) is 5.02 Å². The molecule has 0 amide bonds. The summed E-state index contributed by atoms with van der Waals surface area (Å²) >= 11 is 11.7. The number of nitrogens with one attached hydrogen (secondary N) is 1. The minimum Gasteiger partial charge on any atom is -0.454 e. The van der Waals surface area contributed by atoms with E-state index in [2.05, 4.69) is 11.0 Å². The Bertz CT molecular complexity index is 900. The highest BCUT2D eigenvalue weighted by molar-refractivity contribution is 7.80. The molecule has 1 aromatic carbocycles. The van der Waals surface area contributed by atoms with Crippen LogP contribution in [0.5, 0.6) is 0 Å². The predicted molar refractivity (Wildman–Crippen MR) is 105 cm³/mol. The average molecular weight is 406 g/mol. The molecule has 0 saturated carbocycles. The monoisotopic (exact) mass is 405 g/mol. The predicted octanol–water partition coefficient (Wildman–Crippen LogP) is 2.30. The number of hydrogen-bond acceptors (Lipinski definition) is 5. The molecule has 0 radical (unpaired) electrons. The van der Waals surface area contributed by atoms with Gasteiger partial charge >= 0.3 is 0 Å². The van der Waals surface area contributed by atoms with Crippen molar-refractivity contribution in [2.24, 2.45) is 0 Å². The van der Waals surface area contributed by atoms with Gasteiger partial charge in [-0.15, -0.1) is 0 Å². The summed E-state index contributed by atoms with van der Waals surface area (Å²) in [6.45, 7) is 4.36. The number of non-ortho nitro benzene ring substituents is 1. The molecule has 0 aliphatic carbocycles. The van der Waals surface area contributed by atoms with E-state index in [1.165, 1.54) is 17.0 Å². The zero-order valence-electron chi connectivity index (χ0n) is 14.5. The van der Waals surface area contributed by atoms with E-state index < -0.39 is 4.92 Å². The van der Waals surface area contributed by atoms with Gasteiger partial charge in [0.2, 0.25) is 0 Å². The maximum absolute atomic E-state index is 10.8. The number of nitro benzene ring substituents is 1. The summed E-state index contributed by atoms with van der Waals surface area (Å²) < 4.78 is 5.87. The molecule has 0 unspecified atom stereocenters. The fraction of sp³-hybridized carbons (Fsp3) is 0.333. The molecule has 0 bridgehead atoms. The van der Waals surface area contributed by atoms with Crippen LogP contribution in [0.25, 0.3) is 11.3 Å². The molecular formula is C18H18ClN4O3S+. The number of quaternary nitrogens is 1. The van der Waals surface area contributed by atoms with Crippen molar-refractivity contribution in [2.45, 2.75) is 6.42 Å². The van der Waals surface area contributed by atoms with Crippen molar-refractivity contribution in [2.75, 3.05) is 32.7 Å². The molecule has 1 saturated heterocycles. The van der Waals surface area contributed by atoms with Crippen molar-refractivity contribution >= 4 is 34.5 Å².